The Morgan fingerprint density at radius 3 is 2.68 bits per heavy atom. The topological polar surface area (TPSA) is 144 Å². The predicted molar refractivity (Wildman–Crippen MR) is 135 cm³/mol. The fourth-order valence-electron chi connectivity index (χ4n) is 4.37. The Hall–Kier alpha value is -3.51. The fraction of sp³-hybridized carbons (Fsp3) is 0.440. The van der Waals surface area contributed by atoms with Crippen LogP contribution in [0.1, 0.15) is 43.7 Å². The third-order valence-corrected chi connectivity index (χ3v) is 8.11. The van der Waals surface area contributed by atoms with E-state index in [4.69, 9.17) is 4.42 Å². The number of ketones is 1. The summed E-state index contributed by atoms with van der Waals surface area (Å²) in [5.74, 6) is -1.29. The van der Waals surface area contributed by atoms with Crippen LogP contribution in [0.25, 0.3) is 11.0 Å². The Labute approximate surface area is 215 Å². The maximum absolute atomic E-state index is 13.2. The zero-order valence-corrected chi connectivity index (χ0v) is 21.8. The molecule has 0 radical (unpaired) electrons. The summed E-state index contributed by atoms with van der Waals surface area (Å²) >= 11 is 0. The number of aryl methyl sites for hydroxylation is 1. The van der Waals surface area contributed by atoms with E-state index in [1.807, 2.05) is 26.0 Å². The summed E-state index contributed by atoms with van der Waals surface area (Å²) in [4.78, 5) is 43.0. The largest absolute Gasteiger partial charge is 0.451 e. The van der Waals surface area contributed by atoms with Crippen molar-refractivity contribution in [2.75, 3.05) is 13.1 Å². The average Bonchev–Trinajstić information content (AvgIpc) is 3.43. The van der Waals surface area contributed by atoms with Crippen LogP contribution < -0.4 is 10.6 Å². The number of benzene rings is 1. The Morgan fingerprint density at radius 2 is 2.00 bits per heavy atom. The Balaban J connectivity index is 1.44. The van der Waals surface area contributed by atoms with Gasteiger partial charge in [-0.2, -0.15) is 4.31 Å². The average molecular weight is 530 g/mol. The number of para-hydroxylation sites is 1. The minimum atomic E-state index is -3.96. The quantitative estimate of drug-likeness (QED) is 0.453. The molecule has 2 aromatic heterocycles. The first-order chi connectivity index (χ1) is 17.6. The van der Waals surface area contributed by atoms with Gasteiger partial charge in [0.1, 0.15) is 11.6 Å². The number of carbonyl (C=O) groups excluding carboxylic acids is 3. The molecule has 1 aromatic carbocycles. The Morgan fingerprint density at radius 1 is 1.24 bits per heavy atom. The second-order valence-corrected chi connectivity index (χ2v) is 11.5. The molecule has 0 saturated carbocycles. The molecule has 4 rings (SSSR count). The van der Waals surface area contributed by atoms with Gasteiger partial charge in [0.25, 0.3) is 15.9 Å². The normalized spacial score (nSPS) is 18.1. The number of furan rings is 1. The van der Waals surface area contributed by atoms with E-state index < -0.39 is 39.7 Å². The lowest BCUT2D eigenvalue weighted by molar-refractivity contribution is -0.129. The van der Waals surface area contributed by atoms with E-state index in [2.05, 4.69) is 15.6 Å². The van der Waals surface area contributed by atoms with Crippen molar-refractivity contribution in [2.45, 2.75) is 50.4 Å². The zero-order chi connectivity index (χ0) is 26.7. The third kappa shape index (κ3) is 5.91. The number of rotatable bonds is 8. The maximum atomic E-state index is 13.2. The summed E-state index contributed by atoms with van der Waals surface area (Å²) in [6, 6.07) is 7.05. The number of carbonyl (C=O) groups is 3. The van der Waals surface area contributed by atoms with Gasteiger partial charge in [0.15, 0.2) is 11.5 Å². The monoisotopic (exact) mass is 529 g/mol. The van der Waals surface area contributed by atoms with Gasteiger partial charge in [0, 0.05) is 31.4 Å². The highest BCUT2D eigenvalue weighted by Gasteiger charge is 2.36. The number of hydrogen-bond donors (Lipinski definition) is 2. The third-order valence-electron chi connectivity index (χ3n) is 6.26. The fourth-order valence-corrected chi connectivity index (χ4v) is 5.88. The molecule has 2 N–H and O–H groups in total. The van der Waals surface area contributed by atoms with Crippen LogP contribution in [0.4, 0.5) is 0 Å². The number of aromatic nitrogens is 2. The van der Waals surface area contributed by atoms with E-state index >= 15 is 0 Å². The van der Waals surface area contributed by atoms with E-state index in [1.165, 1.54) is 17.0 Å². The molecular formula is C25H31N5O6S. The highest BCUT2D eigenvalue weighted by Crippen LogP contribution is 2.20. The molecule has 2 amide bonds. The van der Waals surface area contributed by atoms with Crippen LogP contribution in [0.3, 0.4) is 0 Å². The van der Waals surface area contributed by atoms with Crippen LogP contribution in [0, 0.1) is 5.92 Å². The van der Waals surface area contributed by atoms with Crippen molar-refractivity contribution in [3.8, 4) is 0 Å². The van der Waals surface area contributed by atoms with E-state index in [-0.39, 0.29) is 36.3 Å². The van der Waals surface area contributed by atoms with Gasteiger partial charge in [0.2, 0.25) is 11.1 Å². The van der Waals surface area contributed by atoms with Crippen LogP contribution in [0.15, 0.2) is 52.3 Å². The van der Waals surface area contributed by atoms with Gasteiger partial charge < -0.3 is 19.6 Å². The van der Waals surface area contributed by atoms with E-state index in [0.29, 0.717) is 18.4 Å². The standard InChI is InChI=1S/C25H31N5O6S/c1-16(2)13-19(28-24(33)22-14-17-7-4-5-9-21(17)36-22)23(32)27-18-8-6-11-30(15-20(18)31)37(34,35)25-26-10-12-29(25)3/h4-5,7,9-10,12,14,16,18-19H,6,8,11,13,15H2,1-3H3,(H,27,32)(H,28,33)/t18?,19-/m0/s1. The lowest BCUT2D eigenvalue weighted by Crippen LogP contribution is -2.52. The van der Waals surface area contributed by atoms with Gasteiger partial charge in [0.05, 0.1) is 12.6 Å². The first kappa shape index (κ1) is 26.6. The summed E-state index contributed by atoms with van der Waals surface area (Å²) in [6.07, 6.45) is 3.90. The second kappa shape index (κ2) is 10.9. The van der Waals surface area contributed by atoms with Crippen molar-refractivity contribution in [3.05, 3.63) is 48.5 Å². The SMILES string of the molecule is CC(C)C[C@H](NC(=O)c1cc2ccccc2o1)C(=O)NC1CCCN(S(=O)(=O)c2nccn2C)CC1=O. The van der Waals surface area contributed by atoms with Gasteiger partial charge in [-0.15, -0.1) is 0 Å². The molecular weight excluding hydrogens is 498 g/mol. The highest BCUT2D eigenvalue weighted by atomic mass is 32.2. The van der Waals surface area contributed by atoms with Crippen LogP contribution in [0.5, 0.6) is 0 Å². The molecule has 1 aliphatic heterocycles. The Bertz CT molecular complexity index is 1380. The lowest BCUT2D eigenvalue weighted by atomic mass is 10.0. The van der Waals surface area contributed by atoms with Gasteiger partial charge in [-0.05, 0) is 37.3 Å². The number of hydrogen-bond acceptors (Lipinski definition) is 7. The number of Topliss-reactive ketones (excluding diaryl/α,β-unsaturated/α-hetero) is 1. The molecule has 1 unspecified atom stereocenters. The molecule has 2 atom stereocenters. The van der Waals surface area contributed by atoms with Gasteiger partial charge in [-0.1, -0.05) is 32.0 Å². The number of amides is 2. The van der Waals surface area contributed by atoms with Crippen molar-refractivity contribution >= 4 is 38.6 Å². The number of nitrogens with one attached hydrogen (secondary N) is 2. The van der Waals surface area contributed by atoms with E-state index in [9.17, 15) is 22.8 Å². The molecule has 0 aliphatic carbocycles. The molecule has 1 aliphatic rings. The summed E-state index contributed by atoms with van der Waals surface area (Å²) in [6.45, 7) is 3.60. The molecule has 12 heteroatoms. The van der Waals surface area contributed by atoms with Crippen molar-refractivity contribution in [2.24, 2.45) is 13.0 Å². The molecule has 1 saturated heterocycles. The van der Waals surface area contributed by atoms with Crippen molar-refractivity contribution in [3.63, 3.8) is 0 Å². The minimum Gasteiger partial charge on any atom is -0.451 e. The first-order valence-electron chi connectivity index (χ1n) is 12.2. The van der Waals surface area contributed by atoms with Crippen LogP contribution in [-0.4, -0.2) is 65.0 Å². The van der Waals surface area contributed by atoms with Gasteiger partial charge >= 0.3 is 0 Å². The summed E-state index contributed by atoms with van der Waals surface area (Å²) in [5.41, 5.74) is 0.562. The molecule has 11 nitrogen and oxygen atoms in total. The van der Waals surface area contributed by atoms with E-state index in [0.717, 1.165) is 9.69 Å². The maximum Gasteiger partial charge on any atom is 0.287 e. The molecule has 0 spiro atoms. The van der Waals surface area contributed by atoms with E-state index in [1.54, 1.807) is 25.2 Å². The molecule has 37 heavy (non-hydrogen) atoms. The van der Waals surface area contributed by atoms with Gasteiger partial charge in [-0.25, -0.2) is 13.4 Å². The molecule has 0 bridgehead atoms. The summed E-state index contributed by atoms with van der Waals surface area (Å²) < 4.78 is 34.1. The highest BCUT2D eigenvalue weighted by molar-refractivity contribution is 7.89. The number of sulfonamides is 1. The molecule has 1 fully saturated rings. The zero-order valence-electron chi connectivity index (χ0n) is 21.0. The van der Waals surface area contributed by atoms with Gasteiger partial charge in [-0.3, -0.25) is 14.4 Å². The number of fused-ring (bicyclic) bond motifs is 1. The predicted octanol–water partition coefficient (Wildman–Crippen LogP) is 1.85. The summed E-state index contributed by atoms with van der Waals surface area (Å²) in [5, 5.41) is 6.09. The van der Waals surface area contributed by atoms with Crippen molar-refractivity contribution in [1.82, 2.24) is 24.5 Å². The minimum absolute atomic E-state index is 0.0787. The first-order valence-corrected chi connectivity index (χ1v) is 13.6. The van der Waals surface area contributed by atoms with Crippen LogP contribution in [-0.2, 0) is 26.7 Å². The van der Waals surface area contributed by atoms with Crippen LogP contribution >= 0.6 is 0 Å². The smallest absolute Gasteiger partial charge is 0.287 e. The second-order valence-electron chi connectivity index (χ2n) is 9.63. The lowest BCUT2D eigenvalue weighted by Gasteiger charge is -2.23. The molecule has 3 heterocycles. The summed E-state index contributed by atoms with van der Waals surface area (Å²) in [7, 11) is -2.40. The number of nitrogens with zero attached hydrogens (tertiary/aromatic N) is 3. The number of imidazole rings is 1. The van der Waals surface area contributed by atoms with Crippen molar-refractivity contribution in [1.29, 1.82) is 0 Å². The van der Waals surface area contributed by atoms with Crippen molar-refractivity contribution < 1.29 is 27.2 Å². The van der Waals surface area contributed by atoms with Crippen LogP contribution in [0.2, 0.25) is 0 Å². The molecule has 3 aromatic rings. The Kier molecular flexibility index (Phi) is 7.79. The molecule has 198 valence electrons.